The highest BCUT2D eigenvalue weighted by molar-refractivity contribution is 5.57. The second kappa shape index (κ2) is 5.27. The van der Waals surface area contributed by atoms with Gasteiger partial charge in [0.25, 0.3) is 0 Å². The number of aryl methyl sites for hydroxylation is 1. The van der Waals surface area contributed by atoms with Gasteiger partial charge < -0.3 is 4.52 Å². The van der Waals surface area contributed by atoms with Gasteiger partial charge in [-0.1, -0.05) is 41.6 Å². The number of nitro groups is 1. The Hall–Kier alpha value is -2.43. The molecule has 5 nitrogen and oxygen atoms in total. The molecule has 2 aromatic rings. The van der Waals surface area contributed by atoms with Gasteiger partial charge in [0, 0.05) is 6.92 Å². The van der Waals surface area contributed by atoms with Crippen LogP contribution in [0, 0.1) is 17.0 Å². The molecule has 1 aromatic heterocycles. The molecule has 0 saturated heterocycles. The first kappa shape index (κ1) is 12.0. The fraction of sp³-hybridized carbons (Fsp3) is 0.154. The van der Waals surface area contributed by atoms with Crippen molar-refractivity contribution in [2.24, 2.45) is 0 Å². The normalized spacial score (nSPS) is 10.9. The predicted octanol–water partition coefficient (Wildman–Crippen LogP) is 3.15. The van der Waals surface area contributed by atoms with Gasteiger partial charge in [0.15, 0.2) is 5.69 Å². The minimum Gasteiger partial charge on any atom is -0.354 e. The SMILES string of the molecule is Cc1onc(/C=C/Cc2ccccc2)c1[N+](=O)[O-]. The fourth-order valence-electron chi connectivity index (χ4n) is 1.64. The molecule has 0 unspecified atom stereocenters. The largest absolute Gasteiger partial charge is 0.354 e. The minimum absolute atomic E-state index is 0.0701. The summed E-state index contributed by atoms with van der Waals surface area (Å²) in [6.45, 7) is 1.53. The summed E-state index contributed by atoms with van der Waals surface area (Å²) in [5.74, 6) is 0.222. The molecule has 0 aliphatic rings. The molecule has 0 radical (unpaired) electrons. The Bertz CT molecular complexity index is 573. The molecule has 2 rings (SSSR count). The van der Waals surface area contributed by atoms with Gasteiger partial charge in [0.2, 0.25) is 5.76 Å². The molecule has 92 valence electrons. The van der Waals surface area contributed by atoms with Crippen molar-refractivity contribution in [2.45, 2.75) is 13.3 Å². The Morgan fingerprint density at radius 3 is 2.78 bits per heavy atom. The minimum atomic E-state index is -0.478. The summed E-state index contributed by atoms with van der Waals surface area (Å²) in [5.41, 5.74) is 1.32. The van der Waals surface area contributed by atoms with Crippen LogP contribution in [0.25, 0.3) is 6.08 Å². The molecule has 18 heavy (non-hydrogen) atoms. The van der Waals surface area contributed by atoms with E-state index in [1.54, 1.807) is 6.08 Å². The van der Waals surface area contributed by atoms with Gasteiger partial charge in [0.1, 0.15) is 0 Å². The first-order valence-electron chi connectivity index (χ1n) is 5.49. The molecular weight excluding hydrogens is 232 g/mol. The third-order valence-corrected chi connectivity index (χ3v) is 2.51. The molecular formula is C13H12N2O3. The predicted molar refractivity (Wildman–Crippen MR) is 67.1 cm³/mol. The van der Waals surface area contributed by atoms with E-state index in [-0.39, 0.29) is 17.1 Å². The summed E-state index contributed by atoms with van der Waals surface area (Å²) >= 11 is 0. The van der Waals surface area contributed by atoms with Crippen LogP contribution in [0.3, 0.4) is 0 Å². The average molecular weight is 244 g/mol. The molecule has 5 heteroatoms. The summed E-state index contributed by atoms with van der Waals surface area (Å²) in [5, 5.41) is 14.5. The average Bonchev–Trinajstić information content (AvgIpc) is 2.72. The molecule has 0 aliphatic carbocycles. The Labute approximate surface area is 104 Å². The van der Waals surface area contributed by atoms with E-state index in [1.807, 2.05) is 36.4 Å². The fourth-order valence-corrected chi connectivity index (χ4v) is 1.64. The quantitative estimate of drug-likeness (QED) is 0.612. The van der Waals surface area contributed by atoms with E-state index >= 15 is 0 Å². The lowest BCUT2D eigenvalue weighted by atomic mass is 10.1. The van der Waals surface area contributed by atoms with E-state index in [4.69, 9.17) is 4.52 Å². The maximum atomic E-state index is 10.8. The van der Waals surface area contributed by atoms with E-state index in [9.17, 15) is 10.1 Å². The van der Waals surface area contributed by atoms with Gasteiger partial charge in [-0.05, 0) is 18.1 Å². The highest BCUT2D eigenvalue weighted by Gasteiger charge is 2.21. The van der Waals surface area contributed by atoms with Crippen LogP contribution in [0.4, 0.5) is 5.69 Å². The van der Waals surface area contributed by atoms with E-state index in [2.05, 4.69) is 5.16 Å². The van der Waals surface area contributed by atoms with E-state index in [0.717, 1.165) is 5.56 Å². The van der Waals surface area contributed by atoms with Crippen LogP contribution in [0.15, 0.2) is 40.9 Å². The van der Waals surface area contributed by atoms with Gasteiger partial charge in [0.05, 0.1) is 4.92 Å². The Morgan fingerprint density at radius 2 is 2.11 bits per heavy atom. The van der Waals surface area contributed by atoms with E-state index in [1.165, 1.54) is 6.92 Å². The van der Waals surface area contributed by atoms with Crippen molar-refractivity contribution in [1.29, 1.82) is 0 Å². The molecule has 0 bridgehead atoms. The zero-order chi connectivity index (χ0) is 13.0. The maximum Gasteiger partial charge on any atom is 0.338 e. The van der Waals surface area contributed by atoms with Crippen LogP contribution in [0.1, 0.15) is 17.0 Å². The Kier molecular flexibility index (Phi) is 3.52. The number of allylic oxidation sites excluding steroid dienone is 1. The Morgan fingerprint density at radius 1 is 1.39 bits per heavy atom. The first-order valence-corrected chi connectivity index (χ1v) is 5.49. The number of hydrogen-bond acceptors (Lipinski definition) is 4. The van der Waals surface area contributed by atoms with Crippen LogP contribution in [-0.4, -0.2) is 10.1 Å². The molecule has 0 aliphatic heterocycles. The van der Waals surface area contributed by atoms with E-state index < -0.39 is 4.92 Å². The van der Waals surface area contributed by atoms with Crippen molar-refractivity contribution < 1.29 is 9.45 Å². The third kappa shape index (κ3) is 2.63. The van der Waals surface area contributed by atoms with Crippen molar-refractivity contribution >= 4 is 11.8 Å². The molecule has 0 saturated carbocycles. The molecule has 1 aromatic carbocycles. The molecule has 0 N–H and O–H groups in total. The van der Waals surface area contributed by atoms with Crippen LogP contribution < -0.4 is 0 Å². The number of nitrogens with zero attached hydrogens (tertiary/aromatic N) is 2. The maximum absolute atomic E-state index is 10.8. The number of aromatic nitrogens is 1. The highest BCUT2D eigenvalue weighted by Crippen LogP contribution is 2.23. The van der Waals surface area contributed by atoms with Crippen molar-refractivity contribution in [1.82, 2.24) is 5.16 Å². The molecule has 0 atom stereocenters. The van der Waals surface area contributed by atoms with Crippen molar-refractivity contribution in [2.75, 3.05) is 0 Å². The van der Waals surface area contributed by atoms with Crippen molar-refractivity contribution in [3.05, 3.63) is 63.5 Å². The van der Waals surface area contributed by atoms with Crippen LogP contribution in [0.5, 0.6) is 0 Å². The zero-order valence-corrected chi connectivity index (χ0v) is 9.87. The summed E-state index contributed by atoms with van der Waals surface area (Å²) in [4.78, 5) is 10.3. The third-order valence-electron chi connectivity index (χ3n) is 2.51. The van der Waals surface area contributed by atoms with Crippen molar-refractivity contribution in [3.8, 4) is 0 Å². The van der Waals surface area contributed by atoms with Crippen molar-refractivity contribution in [3.63, 3.8) is 0 Å². The molecule has 1 heterocycles. The van der Waals surface area contributed by atoms with Gasteiger partial charge in [-0.3, -0.25) is 10.1 Å². The summed E-state index contributed by atoms with van der Waals surface area (Å²) in [6, 6.07) is 9.83. The lowest BCUT2D eigenvalue weighted by Crippen LogP contribution is -1.90. The monoisotopic (exact) mass is 244 g/mol. The summed E-state index contributed by atoms with van der Waals surface area (Å²) < 4.78 is 4.82. The standard InChI is InChI=1S/C13H12N2O3/c1-10-13(15(16)17)12(14-18-10)9-5-8-11-6-3-2-4-7-11/h2-7,9H,8H2,1H3/b9-5+. The molecule has 0 spiro atoms. The second-order valence-electron chi connectivity index (χ2n) is 3.82. The van der Waals surface area contributed by atoms with Crippen LogP contribution in [-0.2, 0) is 6.42 Å². The smallest absolute Gasteiger partial charge is 0.338 e. The number of hydrogen-bond donors (Lipinski definition) is 0. The number of rotatable bonds is 4. The topological polar surface area (TPSA) is 69.2 Å². The zero-order valence-electron chi connectivity index (χ0n) is 9.87. The first-order chi connectivity index (χ1) is 8.68. The van der Waals surface area contributed by atoms with E-state index in [0.29, 0.717) is 6.42 Å². The van der Waals surface area contributed by atoms with Gasteiger partial charge >= 0.3 is 5.69 Å². The van der Waals surface area contributed by atoms with Crippen LogP contribution >= 0.6 is 0 Å². The number of benzene rings is 1. The van der Waals surface area contributed by atoms with Gasteiger partial charge in [-0.25, -0.2) is 0 Å². The summed E-state index contributed by atoms with van der Waals surface area (Å²) in [7, 11) is 0. The lowest BCUT2D eigenvalue weighted by molar-refractivity contribution is -0.386. The lowest BCUT2D eigenvalue weighted by Gasteiger charge is -1.93. The Balaban J connectivity index is 2.13. The molecule has 0 fully saturated rings. The second-order valence-corrected chi connectivity index (χ2v) is 3.82. The molecule has 0 amide bonds. The summed E-state index contributed by atoms with van der Waals surface area (Å²) in [6.07, 6.45) is 4.14. The van der Waals surface area contributed by atoms with Gasteiger partial charge in [-0.2, -0.15) is 0 Å². The van der Waals surface area contributed by atoms with Crippen LogP contribution in [0.2, 0.25) is 0 Å². The highest BCUT2D eigenvalue weighted by atomic mass is 16.6. The van der Waals surface area contributed by atoms with Gasteiger partial charge in [-0.15, -0.1) is 0 Å².